The molecule has 0 saturated heterocycles. The lowest BCUT2D eigenvalue weighted by Gasteiger charge is -2.16. The monoisotopic (exact) mass is 286 g/mol. The molecule has 0 aliphatic carbocycles. The molecular weight excluding hydrogens is 272 g/mol. The van der Waals surface area contributed by atoms with Crippen LogP contribution in [0.3, 0.4) is 0 Å². The standard InChI is InChI=1S/C13H15ClO5/c1-2-17-11(13(15)16)8-6-9(14)12-10(7-8)18-4-3-5-19-12/h6-7,11H,2-5H2,1H3,(H,15,16). The highest BCUT2D eigenvalue weighted by Gasteiger charge is 2.24. The smallest absolute Gasteiger partial charge is 0.337 e. The fourth-order valence-electron chi connectivity index (χ4n) is 1.88. The lowest BCUT2D eigenvalue weighted by molar-refractivity contribution is -0.150. The normalized spacial score (nSPS) is 15.7. The number of halogens is 1. The third-order valence-corrected chi connectivity index (χ3v) is 2.97. The zero-order chi connectivity index (χ0) is 13.8. The summed E-state index contributed by atoms with van der Waals surface area (Å²) in [6.45, 7) is 3.07. The van der Waals surface area contributed by atoms with Crippen molar-refractivity contribution in [1.29, 1.82) is 0 Å². The van der Waals surface area contributed by atoms with Gasteiger partial charge in [-0.25, -0.2) is 4.79 Å². The number of hydrogen-bond donors (Lipinski definition) is 1. The molecule has 0 amide bonds. The molecule has 1 heterocycles. The Kier molecular flexibility index (Phi) is 4.50. The SMILES string of the molecule is CCOC(C(=O)O)c1cc(Cl)c2c(c1)OCCCO2. The number of hydrogen-bond acceptors (Lipinski definition) is 4. The molecule has 104 valence electrons. The molecule has 1 atom stereocenters. The second kappa shape index (κ2) is 6.12. The first kappa shape index (κ1) is 14.0. The molecule has 2 rings (SSSR count). The summed E-state index contributed by atoms with van der Waals surface area (Å²) in [6.07, 6.45) is -0.298. The molecule has 6 heteroatoms. The van der Waals surface area contributed by atoms with E-state index in [4.69, 9.17) is 30.9 Å². The second-order valence-corrected chi connectivity index (χ2v) is 4.46. The number of rotatable bonds is 4. The number of carboxylic acids is 1. The van der Waals surface area contributed by atoms with Crippen molar-refractivity contribution < 1.29 is 24.1 Å². The van der Waals surface area contributed by atoms with Crippen molar-refractivity contribution in [2.45, 2.75) is 19.4 Å². The van der Waals surface area contributed by atoms with Crippen molar-refractivity contribution in [2.24, 2.45) is 0 Å². The molecule has 5 nitrogen and oxygen atoms in total. The van der Waals surface area contributed by atoms with Crippen LogP contribution in [0.1, 0.15) is 25.0 Å². The second-order valence-electron chi connectivity index (χ2n) is 4.05. The summed E-state index contributed by atoms with van der Waals surface area (Å²) < 4.78 is 16.2. The summed E-state index contributed by atoms with van der Waals surface area (Å²) in [5.41, 5.74) is 0.448. The van der Waals surface area contributed by atoms with Gasteiger partial charge in [-0.05, 0) is 24.6 Å². The van der Waals surface area contributed by atoms with E-state index in [-0.39, 0.29) is 0 Å². The first-order valence-electron chi connectivity index (χ1n) is 6.07. The van der Waals surface area contributed by atoms with Gasteiger partial charge in [0.2, 0.25) is 0 Å². The largest absolute Gasteiger partial charge is 0.489 e. The van der Waals surface area contributed by atoms with Gasteiger partial charge in [0.25, 0.3) is 0 Å². The molecule has 0 spiro atoms. The Balaban J connectivity index is 2.39. The Hall–Kier alpha value is -1.46. The summed E-state index contributed by atoms with van der Waals surface area (Å²) >= 11 is 6.12. The summed E-state index contributed by atoms with van der Waals surface area (Å²) in [5.74, 6) is -0.137. The molecule has 0 fully saturated rings. The quantitative estimate of drug-likeness (QED) is 0.922. The van der Waals surface area contributed by atoms with Crippen LogP contribution in [-0.4, -0.2) is 30.9 Å². The molecule has 0 aromatic heterocycles. The number of ether oxygens (including phenoxy) is 3. The highest BCUT2D eigenvalue weighted by atomic mass is 35.5. The molecule has 0 radical (unpaired) electrons. The Bertz CT molecular complexity index is 474. The van der Waals surface area contributed by atoms with E-state index in [0.717, 1.165) is 6.42 Å². The molecule has 0 saturated carbocycles. The van der Waals surface area contributed by atoms with Gasteiger partial charge in [0.15, 0.2) is 17.6 Å². The van der Waals surface area contributed by atoms with Crippen molar-refractivity contribution in [1.82, 2.24) is 0 Å². The van der Waals surface area contributed by atoms with Gasteiger partial charge in [-0.15, -0.1) is 0 Å². The lowest BCUT2D eigenvalue weighted by atomic mass is 10.1. The van der Waals surface area contributed by atoms with E-state index in [1.807, 2.05) is 0 Å². The van der Waals surface area contributed by atoms with Crippen LogP contribution in [-0.2, 0) is 9.53 Å². The third kappa shape index (κ3) is 3.11. The molecule has 1 aliphatic heterocycles. The Labute approximate surface area is 116 Å². The van der Waals surface area contributed by atoms with Crippen LogP contribution in [0.4, 0.5) is 0 Å². The molecule has 1 N–H and O–H groups in total. The Morgan fingerprint density at radius 2 is 2.21 bits per heavy atom. The van der Waals surface area contributed by atoms with Crippen LogP contribution in [0.25, 0.3) is 0 Å². The highest BCUT2D eigenvalue weighted by Crippen LogP contribution is 2.39. The van der Waals surface area contributed by atoms with Gasteiger partial charge in [-0.2, -0.15) is 0 Å². The van der Waals surface area contributed by atoms with Gasteiger partial charge in [-0.1, -0.05) is 11.6 Å². The van der Waals surface area contributed by atoms with Crippen molar-refractivity contribution >= 4 is 17.6 Å². The molecule has 1 aromatic carbocycles. The maximum Gasteiger partial charge on any atom is 0.337 e. The van der Waals surface area contributed by atoms with Gasteiger partial charge in [-0.3, -0.25) is 0 Å². The van der Waals surface area contributed by atoms with E-state index in [9.17, 15) is 4.79 Å². The van der Waals surface area contributed by atoms with Gasteiger partial charge >= 0.3 is 5.97 Å². The maximum atomic E-state index is 11.2. The summed E-state index contributed by atoms with van der Waals surface area (Å²) in [7, 11) is 0. The minimum absolute atomic E-state index is 0.295. The van der Waals surface area contributed by atoms with Crippen molar-refractivity contribution in [3.8, 4) is 11.5 Å². The molecule has 1 aromatic rings. The number of carbonyl (C=O) groups is 1. The lowest BCUT2D eigenvalue weighted by Crippen LogP contribution is -2.15. The van der Waals surface area contributed by atoms with Crippen LogP contribution in [0.15, 0.2) is 12.1 Å². The fourth-order valence-corrected chi connectivity index (χ4v) is 2.15. The Morgan fingerprint density at radius 3 is 2.89 bits per heavy atom. The van der Waals surface area contributed by atoms with Crippen molar-refractivity contribution in [3.63, 3.8) is 0 Å². The fraction of sp³-hybridized carbons (Fsp3) is 0.462. The minimum Gasteiger partial charge on any atom is -0.489 e. The van der Waals surface area contributed by atoms with E-state index >= 15 is 0 Å². The zero-order valence-electron chi connectivity index (χ0n) is 10.5. The highest BCUT2D eigenvalue weighted by molar-refractivity contribution is 6.32. The van der Waals surface area contributed by atoms with E-state index in [0.29, 0.717) is 41.9 Å². The minimum atomic E-state index is -1.06. The number of benzene rings is 1. The van der Waals surface area contributed by atoms with Gasteiger partial charge in [0.1, 0.15) is 0 Å². The average Bonchev–Trinajstić information content (AvgIpc) is 2.61. The summed E-state index contributed by atoms with van der Waals surface area (Å²) in [5, 5.41) is 9.50. The third-order valence-electron chi connectivity index (χ3n) is 2.68. The molecule has 1 aliphatic rings. The van der Waals surface area contributed by atoms with E-state index in [2.05, 4.69) is 0 Å². The van der Waals surface area contributed by atoms with Crippen LogP contribution in [0.2, 0.25) is 5.02 Å². The van der Waals surface area contributed by atoms with Crippen molar-refractivity contribution in [2.75, 3.05) is 19.8 Å². The van der Waals surface area contributed by atoms with E-state index < -0.39 is 12.1 Å². The molecule has 1 unspecified atom stereocenters. The topological polar surface area (TPSA) is 65.0 Å². The first-order valence-corrected chi connectivity index (χ1v) is 6.44. The van der Waals surface area contributed by atoms with Gasteiger partial charge in [0.05, 0.1) is 18.2 Å². The average molecular weight is 287 g/mol. The molecule has 19 heavy (non-hydrogen) atoms. The van der Waals surface area contributed by atoms with E-state index in [1.54, 1.807) is 19.1 Å². The van der Waals surface area contributed by atoms with Crippen LogP contribution in [0.5, 0.6) is 11.5 Å². The number of fused-ring (bicyclic) bond motifs is 1. The molecular formula is C13H15ClO5. The zero-order valence-corrected chi connectivity index (χ0v) is 11.3. The predicted octanol–water partition coefficient (Wildman–Crippen LogP) is 2.66. The van der Waals surface area contributed by atoms with E-state index in [1.165, 1.54) is 0 Å². The van der Waals surface area contributed by atoms with Gasteiger partial charge in [0, 0.05) is 13.0 Å². The number of carboxylic acid groups (broad SMARTS) is 1. The summed E-state index contributed by atoms with van der Waals surface area (Å²) in [4.78, 5) is 11.2. The first-order chi connectivity index (χ1) is 9.13. The van der Waals surface area contributed by atoms with Crippen molar-refractivity contribution in [3.05, 3.63) is 22.7 Å². The van der Waals surface area contributed by atoms with Crippen LogP contribution < -0.4 is 9.47 Å². The Morgan fingerprint density at radius 1 is 1.47 bits per heavy atom. The molecule has 0 bridgehead atoms. The van der Waals surface area contributed by atoms with Gasteiger partial charge < -0.3 is 19.3 Å². The van der Waals surface area contributed by atoms with Crippen LogP contribution >= 0.6 is 11.6 Å². The summed E-state index contributed by atoms with van der Waals surface area (Å²) in [6, 6.07) is 3.16. The maximum absolute atomic E-state index is 11.2. The number of aliphatic carboxylic acids is 1. The van der Waals surface area contributed by atoms with Crippen LogP contribution in [0, 0.1) is 0 Å². The predicted molar refractivity (Wildman–Crippen MR) is 69.1 cm³/mol.